The molecule has 1 atom stereocenters. The predicted molar refractivity (Wildman–Crippen MR) is 76.0 cm³/mol. The van der Waals surface area contributed by atoms with Gasteiger partial charge in [0.1, 0.15) is 5.75 Å². The largest absolute Gasteiger partial charge is 0.755 e. The summed E-state index contributed by atoms with van der Waals surface area (Å²) in [5, 5.41) is 0. The van der Waals surface area contributed by atoms with E-state index in [1.54, 1.807) is 6.07 Å². The van der Waals surface area contributed by atoms with E-state index in [0.29, 0.717) is 22.6 Å². The van der Waals surface area contributed by atoms with E-state index in [0.717, 1.165) is 12.1 Å². The smallest absolute Gasteiger partial charge is 0.416 e. The number of halogens is 3. The van der Waals surface area contributed by atoms with Crippen molar-refractivity contribution in [1.82, 2.24) is 0 Å². The van der Waals surface area contributed by atoms with Crippen molar-refractivity contribution in [3.8, 4) is 16.9 Å². The summed E-state index contributed by atoms with van der Waals surface area (Å²) in [6.07, 6.45) is -4.39. The maximum atomic E-state index is 12.6. The minimum absolute atomic E-state index is 0.292. The number of hydrogen-bond acceptors (Lipinski definition) is 3. The van der Waals surface area contributed by atoms with Gasteiger partial charge in [-0.2, -0.15) is 13.2 Å². The number of anilines is 1. The summed E-state index contributed by atoms with van der Waals surface area (Å²) in [5.74, 6) is 0.343. The number of ether oxygens (including phenoxy) is 1. The SMILES string of the molecule is COc1cc(NS(=O)[O-])ccc1-c1ccc(C(F)(F)F)cc1. The lowest BCUT2D eigenvalue weighted by atomic mass is 10.0. The molecule has 0 aliphatic heterocycles. The van der Waals surface area contributed by atoms with Crippen LogP contribution in [0.2, 0.25) is 0 Å². The van der Waals surface area contributed by atoms with E-state index in [1.807, 2.05) is 0 Å². The number of benzene rings is 2. The first-order valence-corrected chi connectivity index (χ1v) is 7.10. The van der Waals surface area contributed by atoms with Crippen LogP contribution in [0.25, 0.3) is 11.1 Å². The van der Waals surface area contributed by atoms with Crippen LogP contribution in [-0.2, 0) is 17.4 Å². The van der Waals surface area contributed by atoms with Gasteiger partial charge in [-0.25, -0.2) is 0 Å². The lowest BCUT2D eigenvalue weighted by Gasteiger charge is -2.14. The molecule has 0 radical (unpaired) electrons. The Morgan fingerprint density at radius 2 is 1.77 bits per heavy atom. The van der Waals surface area contributed by atoms with Crippen molar-refractivity contribution in [2.75, 3.05) is 11.8 Å². The van der Waals surface area contributed by atoms with E-state index in [-0.39, 0.29) is 0 Å². The van der Waals surface area contributed by atoms with Gasteiger partial charge >= 0.3 is 6.18 Å². The van der Waals surface area contributed by atoms with Gasteiger partial charge in [0.15, 0.2) is 0 Å². The zero-order valence-electron chi connectivity index (χ0n) is 11.3. The van der Waals surface area contributed by atoms with E-state index in [9.17, 15) is 21.9 Å². The number of hydrogen-bond donors (Lipinski definition) is 1. The molecule has 0 amide bonds. The molecule has 0 fully saturated rings. The highest BCUT2D eigenvalue weighted by molar-refractivity contribution is 7.80. The van der Waals surface area contributed by atoms with E-state index in [2.05, 4.69) is 4.72 Å². The quantitative estimate of drug-likeness (QED) is 0.872. The first-order valence-electron chi connectivity index (χ1n) is 6.03. The number of alkyl halides is 3. The molecule has 0 spiro atoms. The number of rotatable bonds is 4. The summed E-state index contributed by atoms with van der Waals surface area (Å²) in [6.45, 7) is 0. The maximum Gasteiger partial charge on any atom is 0.416 e. The molecule has 0 saturated carbocycles. The Hall–Kier alpha value is -2.06. The second-order valence-electron chi connectivity index (χ2n) is 4.33. The van der Waals surface area contributed by atoms with E-state index < -0.39 is 23.0 Å². The minimum Gasteiger partial charge on any atom is -0.755 e. The molecular formula is C14H11F3NO3S-. The van der Waals surface area contributed by atoms with Crippen LogP contribution in [0.4, 0.5) is 18.9 Å². The van der Waals surface area contributed by atoms with Crippen LogP contribution in [0.1, 0.15) is 5.56 Å². The lowest BCUT2D eigenvalue weighted by Crippen LogP contribution is -2.04. The molecule has 22 heavy (non-hydrogen) atoms. The van der Waals surface area contributed by atoms with Crippen molar-refractivity contribution in [1.29, 1.82) is 0 Å². The number of nitrogens with one attached hydrogen (secondary N) is 1. The highest BCUT2D eigenvalue weighted by atomic mass is 32.2. The molecule has 0 aliphatic rings. The topological polar surface area (TPSA) is 61.4 Å². The highest BCUT2D eigenvalue weighted by Gasteiger charge is 2.30. The van der Waals surface area contributed by atoms with Gasteiger partial charge in [0, 0.05) is 28.6 Å². The fraction of sp³-hybridized carbons (Fsp3) is 0.143. The Kier molecular flexibility index (Phi) is 4.72. The van der Waals surface area contributed by atoms with Crippen LogP contribution in [0, 0.1) is 0 Å². The van der Waals surface area contributed by atoms with Gasteiger partial charge in [0.2, 0.25) is 0 Å². The fourth-order valence-electron chi connectivity index (χ4n) is 1.93. The van der Waals surface area contributed by atoms with Crippen LogP contribution in [0.3, 0.4) is 0 Å². The first kappa shape index (κ1) is 16.3. The summed E-state index contributed by atoms with van der Waals surface area (Å²) in [6, 6.07) is 9.13. The Morgan fingerprint density at radius 3 is 2.27 bits per heavy atom. The third-order valence-electron chi connectivity index (χ3n) is 2.93. The third kappa shape index (κ3) is 3.77. The van der Waals surface area contributed by atoms with Gasteiger partial charge in [-0.3, -0.25) is 4.21 Å². The van der Waals surface area contributed by atoms with Crippen LogP contribution < -0.4 is 9.46 Å². The Balaban J connectivity index is 2.37. The second-order valence-corrected chi connectivity index (χ2v) is 5.00. The molecular weight excluding hydrogens is 319 g/mol. The van der Waals surface area contributed by atoms with Crippen molar-refractivity contribution in [3.05, 3.63) is 48.0 Å². The van der Waals surface area contributed by atoms with E-state index in [4.69, 9.17) is 4.74 Å². The van der Waals surface area contributed by atoms with Crippen LogP contribution in [-0.4, -0.2) is 15.9 Å². The number of methoxy groups -OCH3 is 1. The summed E-state index contributed by atoms with van der Waals surface area (Å²) >= 11 is -2.47. The van der Waals surface area contributed by atoms with Crippen LogP contribution >= 0.6 is 0 Å². The minimum atomic E-state index is -4.39. The zero-order chi connectivity index (χ0) is 16.3. The Morgan fingerprint density at radius 1 is 1.14 bits per heavy atom. The Bertz CT molecular complexity index is 687. The van der Waals surface area contributed by atoms with Gasteiger partial charge in [-0.1, -0.05) is 12.1 Å². The average Bonchev–Trinajstić information content (AvgIpc) is 2.45. The van der Waals surface area contributed by atoms with E-state index in [1.165, 1.54) is 31.4 Å². The molecule has 0 aliphatic carbocycles. The summed E-state index contributed by atoms with van der Waals surface area (Å²) in [4.78, 5) is 0. The summed E-state index contributed by atoms with van der Waals surface area (Å²) < 4.78 is 66.2. The molecule has 0 bridgehead atoms. The van der Waals surface area contributed by atoms with Gasteiger partial charge in [0.05, 0.1) is 12.7 Å². The molecule has 0 aromatic heterocycles. The monoisotopic (exact) mass is 330 g/mol. The van der Waals surface area contributed by atoms with Gasteiger partial charge in [0.25, 0.3) is 0 Å². The lowest BCUT2D eigenvalue weighted by molar-refractivity contribution is -0.137. The van der Waals surface area contributed by atoms with Crippen molar-refractivity contribution in [3.63, 3.8) is 0 Å². The fourth-order valence-corrected chi connectivity index (χ4v) is 2.25. The molecule has 2 aromatic rings. The highest BCUT2D eigenvalue weighted by Crippen LogP contribution is 2.35. The molecule has 8 heteroatoms. The normalized spacial score (nSPS) is 12.8. The second kappa shape index (κ2) is 6.37. The van der Waals surface area contributed by atoms with Crippen LogP contribution in [0.5, 0.6) is 5.75 Å². The van der Waals surface area contributed by atoms with Crippen molar-refractivity contribution in [2.45, 2.75) is 6.18 Å². The Labute approximate surface area is 127 Å². The molecule has 118 valence electrons. The van der Waals surface area contributed by atoms with Gasteiger partial charge in [-0.05, 0) is 29.8 Å². The van der Waals surface area contributed by atoms with Crippen molar-refractivity contribution in [2.24, 2.45) is 0 Å². The molecule has 2 rings (SSSR count). The van der Waals surface area contributed by atoms with Crippen molar-refractivity contribution < 1.29 is 26.7 Å². The van der Waals surface area contributed by atoms with Crippen molar-refractivity contribution >= 4 is 17.0 Å². The first-order chi connectivity index (χ1) is 10.3. The van der Waals surface area contributed by atoms with Crippen LogP contribution in [0.15, 0.2) is 42.5 Å². The summed E-state index contributed by atoms with van der Waals surface area (Å²) in [5.41, 5.74) is 0.634. The molecule has 1 N–H and O–H groups in total. The molecule has 4 nitrogen and oxygen atoms in total. The molecule has 2 aromatic carbocycles. The maximum absolute atomic E-state index is 12.6. The third-order valence-corrected chi connectivity index (χ3v) is 3.33. The molecule has 0 heterocycles. The van der Waals surface area contributed by atoms with Gasteiger partial charge < -0.3 is 14.0 Å². The zero-order valence-corrected chi connectivity index (χ0v) is 12.1. The van der Waals surface area contributed by atoms with E-state index >= 15 is 0 Å². The molecule has 1 unspecified atom stereocenters. The average molecular weight is 330 g/mol. The summed E-state index contributed by atoms with van der Waals surface area (Å²) in [7, 11) is 1.39. The predicted octanol–water partition coefficient (Wildman–Crippen LogP) is 3.59. The standard InChI is InChI=1S/C14H12F3NO3S/c1-21-13-8-11(18-22(19)20)6-7-12(13)9-2-4-10(5-3-9)14(15,16)17/h2-8,18H,1H3,(H,19,20)/p-1. The molecule has 0 saturated heterocycles. The van der Waals surface area contributed by atoms with Gasteiger partial charge in [-0.15, -0.1) is 0 Å².